The number of rotatable bonds is 5. The van der Waals surface area contributed by atoms with Crippen LogP contribution in [-0.2, 0) is 19.0 Å². The topological polar surface area (TPSA) is 52.6 Å². The highest BCUT2D eigenvalue weighted by Gasteiger charge is 2.26. The van der Waals surface area contributed by atoms with Crippen molar-refractivity contribution in [3.8, 4) is 11.1 Å². The normalized spacial score (nSPS) is 12.4. The van der Waals surface area contributed by atoms with Gasteiger partial charge in [-0.05, 0) is 38.2 Å². The maximum Gasteiger partial charge on any atom is 0.322 e. The summed E-state index contributed by atoms with van der Waals surface area (Å²) in [6.45, 7) is 7.49. The van der Waals surface area contributed by atoms with Crippen LogP contribution in [0.1, 0.15) is 5.56 Å². The summed E-state index contributed by atoms with van der Waals surface area (Å²) in [6.07, 6.45) is 0. The molecule has 0 radical (unpaired) electrons. The molecule has 0 atom stereocenters. The molecule has 0 saturated heterocycles. The zero-order valence-electron chi connectivity index (χ0n) is 13.2. The number of benzene rings is 2. The van der Waals surface area contributed by atoms with Crippen molar-refractivity contribution in [3.63, 3.8) is 0 Å². The van der Waals surface area contributed by atoms with Crippen LogP contribution in [0.4, 0.5) is 0 Å². The SMILES string of the molecule is Cc1ccc(S(=O)(=O)OO[Si](C)(C)C)c(-c2ccccc2)c1. The van der Waals surface area contributed by atoms with Gasteiger partial charge in [0.05, 0.1) is 0 Å². The highest BCUT2D eigenvalue weighted by Crippen LogP contribution is 2.30. The Morgan fingerprint density at radius 1 is 0.955 bits per heavy atom. The van der Waals surface area contributed by atoms with Gasteiger partial charge in [-0.25, -0.2) is 0 Å². The van der Waals surface area contributed by atoms with Crippen LogP contribution < -0.4 is 0 Å². The second-order valence-corrected chi connectivity index (χ2v) is 12.0. The summed E-state index contributed by atoms with van der Waals surface area (Å²) >= 11 is 0. The zero-order chi connectivity index (χ0) is 16.4. The van der Waals surface area contributed by atoms with E-state index >= 15 is 0 Å². The molecule has 0 amide bonds. The molecule has 118 valence electrons. The molecule has 0 aliphatic rings. The molecule has 0 N–H and O–H groups in total. The molecule has 0 fully saturated rings. The van der Waals surface area contributed by atoms with E-state index in [4.69, 9.17) is 8.91 Å². The van der Waals surface area contributed by atoms with Crippen LogP contribution in [0.3, 0.4) is 0 Å². The van der Waals surface area contributed by atoms with Crippen LogP contribution in [0.25, 0.3) is 11.1 Å². The first-order valence-corrected chi connectivity index (χ1v) is 11.8. The van der Waals surface area contributed by atoms with Gasteiger partial charge >= 0.3 is 10.1 Å². The first-order valence-electron chi connectivity index (χ1n) is 6.97. The first kappa shape index (κ1) is 16.9. The van der Waals surface area contributed by atoms with Gasteiger partial charge in [0.1, 0.15) is 4.90 Å². The summed E-state index contributed by atoms with van der Waals surface area (Å²) in [6, 6.07) is 14.5. The Kier molecular flexibility index (Phi) is 4.86. The summed E-state index contributed by atoms with van der Waals surface area (Å²) in [5.74, 6) is 0. The maximum atomic E-state index is 12.5. The predicted molar refractivity (Wildman–Crippen MR) is 89.3 cm³/mol. The smallest absolute Gasteiger partial charge is 0.270 e. The lowest BCUT2D eigenvalue weighted by Gasteiger charge is -2.16. The third-order valence-corrected chi connectivity index (χ3v) is 4.71. The molecule has 6 heteroatoms. The van der Waals surface area contributed by atoms with Crippen LogP contribution in [0.15, 0.2) is 53.4 Å². The molecular formula is C16H20O4SSi. The molecule has 0 saturated carbocycles. The van der Waals surface area contributed by atoms with Crippen LogP contribution in [0, 0.1) is 6.92 Å². The van der Waals surface area contributed by atoms with Gasteiger partial charge in [0.25, 0.3) is 0 Å². The van der Waals surface area contributed by atoms with Gasteiger partial charge in [-0.1, -0.05) is 48.0 Å². The minimum absolute atomic E-state index is 0.113. The van der Waals surface area contributed by atoms with Crippen molar-refractivity contribution < 1.29 is 17.3 Å². The summed E-state index contributed by atoms with van der Waals surface area (Å²) in [5.41, 5.74) is 2.41. The predicted octanol–water partition coefficient (Wildman–Crippen LogP) is 4.13. The minimum atomic E-state index is -3.98. The van der Waals surface area contributed by atoms with Crippen molar-refractivity contribution in [2.24, 2.45) is 0 Å². The monoisotopic (exact) mass is 336 g/mol. The molecule has 2 aromatic rings. The fraction of sp³-hybridized carbons (Fsp3) is 0.250. The van der Waals surface area contributed by atoms with E-state index in [1.165, 1.54) is 0 Å². The molecule has 0 aliphatic heterocycles. The van der Waals surface area contributed by atoms with E-state index in [0.717, 1.165) is 11.1 Å². The zero-order valence-corrected chi connectivity index (χ0v) is 15.0. The Morgan fingerprint density at radius 2 is 1.59 bits per heavy atom. The molecule has 2 aromatic carbocycles. The third-order valence-electron chi connectivity index (χ3n) is 2.86. The molecule has 2 rings (SSSR count). The summed E-state index contributed by atoms with van der Waals surface area (Å²) in [5, 5.41) is 0. The third kappa shape index (κ3) is 4.27. The molecular weight excluding hydrogens is 316 g/mol. The van der Waals surface area contributed by atoms with Gasteiger partial charge in [-0.3, -0.25) is 4.58 Å². The standard InChI is InChI=1S/C16H20O4SSi/c1-13-10-11-16(21(17,18)19-20-22(2,3)4)15(12-13)14-8-6-5-7-9-14/h5-12H,1-4H3. The average molecular weight is 336 g/mol. The quantitative estimate of drug-likeness (QED) is 0.468. The van der Waals surface area contributed by atoms with E-state index in [0.29, 0.717) is 5.56 Å². The Labute approximate surface area is 132 Å². The lowest BCUT2D eigenvalue weighted by Crippen LogP contribution is -2.27. The highest BCUT2D eigenvalue weighted by atomic mass is 32.2. The van der Waals surface area contributed by atoms with E-state index < -0.39 is 18.4 Å². The number of hydrogen-bond acceptors (Lipinski definition) is 4. The lowest BCUT2D eigenvalue weighted by molar-refractivity contribution is -0.104. The molecule has 0 heterocycles. The van der Waals surface area contributed by atoms with Crippen molar-refractivity contribution in [1.29, 1.82) is 0 Å². The average Bonchev–Trinajstić information content (AvgIpc) is 2.45. The van der Waals surface area contributed by atoms with Crippen LogP contribution in [-0.4, -0.2) is 16.7 Å². The second kappa shape index (κ2) is 6.34. The van der Waals surface area contributed by atoms with Gasteiger partial charge in [0.15, 0.2) is 0 Å². The van der Waals surface area contributed by atoms with Crippen LogP contribution >= 0.6 is 0 Å². The Balaban J connectivity index is 2.47. The van der Waals surface area contributed by atoms with Crippen molar-refractivity contribution in [1.82, 2.24) is 0 Å². The largest absolute Gasteiger partial charge is 0.322 e. The fourth-order valence-corrected chi connectivity index (χ4v) is 3.82. The van der Waals surface area contributed by atoms with E-state index in [1.807, 2.05) is 63.0 Å². The van der Waals surface area contributed by atoms with Crippen molar-refractivity contribution >= 4 is 18.4 Å². The molecule has 0 aliphatic carbocycles. The van der Waals surface area contributed by atoms with E-state index in [9.17, 15) is 8.42 Å². The maximum absolute atomic E-state index is 12.5. The molecule has 4 nitrogen and oxygen atoms in total. The first-order chi connectivity index (χ1) is 10.2. The van der Waals surface area contributed by atoms with Gasteiger partial charge in [0.2, 0.25) is 8.32 Å². The molecule has 22 heavy (non-hydrogen) atoms. The molecule has 0 spiro atoms. The minimum Gasteiger partial charge on any atom is -0.270 e. The molecule has 0 bridgehead atoms. The fourth-order valence-electron chi connectivity index (χ4n) is 1.89. The Bertz CT molecular complexity index is 749. The van der Waals surface area contributed by atoms with E-state index in [-0.39, 0.29) is 4.90 Å². The van der Waals surface area contributed by atoms with Crippen molar-refractivity contribution in [2.45, 2.75) is 31.5 Å². The Hall–Kier alpha value is -1.47. The summed E-state index contributed by atoms with van der Waals surface area (Å²) < 4.78 is 34.9. The molecule has 0 aromatic heterocycles. The van der Waals surface area contributed by atoms with Gasteiger partial charge in [-0.2, -0.15) is 8.42 Å². The van der Waals surface area contributed by atoms with Gasteiger partial charge < -0.3 is 0 Å². The highest BCUT2D eigenvalue weighted by molar-refractivity contribution is 7.86. The van der Waals surface area contributed by atoms with Crippen molar-refractivity contribution in [2.75, 3.05) is 0 Å². The van der Waals surface area contributed by atoms with E-state index in [2.05, 4.69) is 0 Å². The Morgan fingerprint density at radius 3 is 2.18 bits per heavy atom. The second-order valence-electron chi connectivity index (χ2n) is 6.08. The van der Waals surface area contributed by atoms with Crippen molar-refractivity contribution in [3.05, 3.63) is 54.1 Å². The number of hydrogen-bond donors (Lipinski definition) is 0. The van der Waals surface area contributed by atoms with Crippen LogP contribution in [0.2, 0.25) is 19.6 Å². The number of aryl methyl sites for hydroxylation is 1. The van der Waals surface area contributed by atoms with Gasteiger partial charge in [-0.15, -0.1) is 4.33 Å². The van der Waals surface area contributed by atoms with Crippen LogP contribution in [0.5, 0.6) is 0 Å². The van der Waals surface area contributed by atoms with E-state index in [1.54, 1.807) is 12.1 Å². The van der Waals surface area contributed by atoms with Gasteiger partial charge in [0, 0.05) is 5.56 Å². The molecule has 0 unspecified atom stereocenters. The summed E-state index contributed by atoms with van der Waals surface area (Å²) in [4.78, 5) is 0.113. The summed E-state index contributed by atoms with van der Waals surface area (Å²) in [7, 11) is -6.09. The lowest BCUT2D eigenvalue weighted by atomic mass is 10.0.